The first-order chi connectivity index (χ1) is 12.1. The number of terminal acetylenes is 1. The molecule has 2 aromatic carbocycles. The second kappa shape index (κ2) is 7.75. The molecule has 126 valence electrons. The maximum Gasteiger partial charge on any atom is 0.286 e. The molecule has 0 bridgehead atoms. The van der Waals surface area contributed by atoms with Crippen LogP contribution in [0, 0.1) is 12.3 Å². The third-order valence-corrected chi connectivity index (χ3v) is 4.89. The Bertz CT molecular complexity index is 1050. The van der Waals surface area contributed by atoms with E-state index in [1.54, 1.807) is 18.2 Å². The quantitative estimate of drug-likeness (QED) is 0.628. The smallest absolute Gasteiger partial charge is 0.286 e. The van der Waals surface area contributed by atoms with E-state index in [1.165, 1.54) is 11.3 Å². The van der Waals surface area contributed by atoms with Gasteiger partial charge in [-0.1, -0.05) is 52.6 Å². The lowest BCUT2D eigenvalue weighted by molar-refractivity contribution is -0.120. The summed E-state index contributed by atoms with van der Waals surface area (Å²) in [5, 5.41) is 0.832. The number of hydrogen-bond acceptors (Lipinski definition) is 3. The van der Waals surface area contributed by atoms with Crippen LogP contribution in [0.15, 0.2) is 47.5 Å². The van der Waals surface area contributed by atoms with Gasteiger partial charge in [-0.3, -0.25) is 4.79 Å². The fourth-order valence-electron chi connectivity index (χ4n) is 2.22. The molecule has 0 N–H and O–H groups in total. The lowest BCUT2D eigenvalue weighted by Gasteiger charge is -2.05. The number of amides is 1. The lowest BCUT2D eigenvalue weighted by atomic mass is 10.3. The van der Waals surface area contributed by atoms with Crippen molar-refractivity contribution in [2.45, 2.75) is 6.54 Å². The van der Waals surface area contributed by atoms with E-state index in [9.17, 15) is 4.79 Å². The monoisotopic (exact) mass is 390 g/mol. The molecule has 25 heavy (non-hydrogen) atoms. The number of para-hydroxylation sites is 1. The minimum Gasteiger partial charge on any atom is -0.482 e. The predicted octanol–water partition coefficient (Wildman–Crippen LogP) is 4.15. The van der Waals surface area contributed by atoms with Gasteiger partial charge in [-0.25, -0.2) is 0 Å². The zero-order chi connectivity index (χ0) is 17.8. The van der Waals surface area contributed by atoms with E-state index in [-0.39, 0.29) is 6.61 Å². The average Bonchev–Trinajstić information content (AvgIpc) is 2.92. The summed E-state index contributed by atoms with van der Waals surface area (Å²) < 4.78 is 8.25. The summed E-state index contributed by atoms with van der Waals surface area (Å²) in [6.45, 7) is 0.103. The third kappa shape index (κ3) is 4.05. The number of rotatable bonds is 4. The molecule has 0 spiro atoms. The van der Waals surface area contributed by atoms with Gasteiger partial charge in [0.15, 0.2) is 11.4 Å². The van der Waals surface area contributed by atoms with Gasteiger partial charge in [0.05, 0.1) is 21.8 Å². The normalized spacial score (nSPS) is 11.5. The van der Waals surface area contributed by atoms with Crippen molar-refractivity contribution in [2.24, 2.45) is 4.99 Å². The molecule has 0 aliphatic rings. The van der Waals surface area contributed by atoms with E-state index in [0.29, 0.717) is 27.1 Å². The van der Waals surface area contributed by atoms with Gasteiger partial charge in [0.25, 0.3) is 5.91 Å². The topological polar surface area (TPSA) is 43.6 Å². The molecular weight excluding hydrogens is 379 g/mol. The molecule has 0 radical (unpaired) electrons. The van der Waals surface area contributed by atoms with Crippen molar-refractivity contribution in [1.82, 2.24) is 4.57 Å². The van der Waals surface area contributed by atoms with Crippen molar-refractivity contribution in [3.05, 3.63) is 57.3 Å². The maximum atomic E-state index is 12.2. The SMILES string of the molecule is C#CCn1c(=NC(=O)COc2ccc(Cl)cc2Cl)sc2ccccc21. The Morgan fingerprint density at radius 1 is 1.28 bits per heavy atom. The summed E-state index contributed by atoms with van der Waals surface area (Å²) in [6.07, 6.45) is 5.43. The van der Waals surface area contributed by atoms with Gasteiger partial charge in [-0.05, 0) is 30.3 Å². The van der Waals surface area contributed by atoms with Gasteiger partial charge >= 0.3 is 0 Å². The Morgan fingerprint density at radius 3 is 2.84 bits per heavy atom. The molecule has 3 aromatic rings. The van der Waals surface area contributed by atoms with E-state index >= 15 is 0 Å². The van der Waals surface area contributed by atoms with E-state index in [0.717, 1.165) is 10.2 Å². The number of nitrogens with zero attached hydrogens (tertiary/aromatic N) is 2. The lowest BCUT2D eigenvalue weighted by Crippen LogP contribution is -2.19. The van der Waals surface area contributed by atoms with Crippen LogP contribution >= 0.6 is 34.5 Å². The van der Waals surface area contributed by atoms with Crippen LogP contribution in [0.2, 0.25) is 10.0 Å². The van der Waals surface area contributed by atoms with Crippen LogP contribution in [-0.2, 0) is 11.3 Å². The zero-order valence-electron chi connectivity index (χ0n) is 12.9. The maximum absolute atomic E-state index is 12.2. The summed E-state index contributed by atoms with van der Waals surface area (Å²) >= 11 is 13.2. The summed E-state index contributed by atoms with van der Waals surface area (Å²) in [5.41, 5.74) is 0.943. The Labute approximate surface area is 158 Å². The van der Waals surface area contributed by atoms with Crippen molar-refractivity contribution >= 4 is 50.7 Å². The molecule has 0 atom stereocenters. The highest BCUT2D eigenvalue weighted by Gasteiger charge is 2.09. The summed E-state index contributed by atoms with van der Waals surface area (Å²) in [7, 11) is 0. The van der Waals surface area contributed by atoms with Crippen LogP contribution in [0.25, 0.3) is 10.2 Å². The van der Waals surface area contributed by atoms with Crippen molar-refractivity contribution in [3.63, 3.8) is 0 Å². The molecule has 7 heteroatoms. The molecule has 0 aliphatic carbocycles. The minimum absolute atomic E-state index is 0.231. The molecule has 0 aliphatic heterocycles. The van der Waals surface area contributed by atoms with Gasteiger partial charge in [0.1, 0.15) is 5.75 Å². The van der Waals surface area contributed by atoms with Gasteiger partial charge < -0.3 is 9.30 Å². The second-order valence-electron chi connectivity index (χ2n) is 5.01. The van der Waals surface area contributed by atoms with Gasteiger partial charge in [0.2, 0.25) is 0 Å². The number of fused-ring (bicyclic) bond motifs is 1. The van der Waals surface area contributed by atoms with Crippen molar-refractivity contribution in [2.75, 3.05) is 6.61 Å². The van der Waals surface area contributed by atoms with Crippen LogP contribution in [0.3, 0.4) is 0 Å². The highest BCUT2D eigenvalue weighted by Crippen LogP contribution is 2.27. The number of hydrogen-bond donors (Lipinski definition) is 0. The van der Waals surface area contributed by atoms with Crippen LogP contribution in [-0.4, -0.2) is 17.1 Å². The van der Waals surface area contributed by atoms with E-state index in [1.807, 2.05) is 28.8 Å². The molecule has 1 aromatic heterocycles. The second-order valence-corrected chi connectivity index (χ2v) is 6.86. The molecule has 1 amide bonds. The summed E-state index contributed by atoms with van der Waals surface area (Å²) in [6, 6.07) is 12.5. The molecular formula is C18H12Cl2N2O2S. The summed E-state index contributed by atoms with van der Waals surface area (Å²) in [5.74, 6) is 2.53. The number of thiazole rings is 1. The fraction of sp³-hybridized carbons (Fsp3) is 0.111. The number of ether oxygens (including phenoxy) is 1. The first-order valence-corrected chi connectivity index (χ1v) is 8.83. The first kappa shape index (κ1) is 17.6. The average molecular weight is 391 g/mol. The molecule has 1 heterocycles. The van der Waals surface area contributed by atoms with E-state index in [4.69, 9.17) is 34.4 Å². The summed E-state index contributed by atoms with van der Waals surface area (Å²) in [4.78, 5) is 16.8. The van der Waals surface area contributed by atoms with Crippen molar-refractivity contribution in [3.8, 4) is 18.1 Å². The van der Waals surface area contributed by atoms with E-state index < -0.39 is 5.91 Å². The number of halogens is 2. The Balaban J connectivity index is 1.85. The van der Waals surface area contributed by atoms with Crippen molar-refractivity contribution in [1.29, 1.82) is 0 Å². The standard InChI is InChI=1S/C18H12Cl2N2O2S/c1-2-9-22-14-5-3-4-6-16(14)25-18(22)21-17(23)11-24-15-8-7-12(19)10-13(15)20/h1,3-8,10H,9,11H2. The minimum atomic E-state index is -0.427. The molecule has 4 nitrogen and oxygen atoms in total. The molecule has 3 rings (SSSR count). The van der Waals surface area contributed by atoms with Crippen LogP contribution in [0.4, 0.5) is 0 Å². The Hall–Kier alpha value is -2.26. The highest BCUT2D eigenvalue weighted by atomic mass is 35.5. The number of aromatic nitrogens is 1. The molecule has 0 unspecified atom stereocenters. The number of carbonyl (C=O) groups is 1. The molecule has 0 saturated heterocycles. The van der Waals surface area contributed by atoms with Gasteiger partial charge in [-0.15, -0.1) is 6.42 Å². The fourth-order valence-corrected chi connectivity index (χ4v) is 3.73. The Morgan fingerprint density at radius 2 is 2.08 bits per heavy atom. The van der Waals surface area contributed by atoms with Crippen LogP contribution < -0.4 is 9.54 Å². The van der Waals surface area contributed by atoms with E-state index in [2.05, 4.69) is 10.9 Å². The van der Waals surface area contributed by atoms with Gasteiger partial charge in [-0.2, -0.15) is 4.99 Å². The number of carbonyl (C=O) groups excluding carboxylic acids is 1. The van der Waals surface area contributed by atoms with Crippen LogP contribution in [0.5, 0.6) is 5.75 Å². The Kier molecular flexibility index (Phi) is 5.44. The van der Waals surface area contributed by atoms with Crippen LogP contribution in [0.1, 0.15) is 0 Å². The van der Waals surface area contributed by atoms with Gasteiger partial charge in [0, 0.05) is 5.02 Å². The number of benzene rings is 2. The predicted molar refractivity (Wildman–Crippen MR) is 101 cm³/mol. The van der Waals surface area contributed by atoms with Crippen molar-refractivity contribution < 1.29 is 9.53 Å². The highest BCUT2D eigenvalue weighted by molar-refractivity contribution is 7.16. The first-order valence-electron chi connectivity index (χ1n) is 7.25. The molecule has 0 saturated carbocycles. The third-order valence-electron chi connectivity index (χ3n) is 3.30. The molecule has 0 fully saturated rings. The largest absolute Gasteiger partial charge is 0.482 e. The zero-order valence-corrected chi connectivity index (χ0v) is 15.2.